The fourth-order valence-electron chi connectivity index (χ4n) is 3.04. The number of nitriles is 1. The molecular weight excluding hydrogens is 318 g/mol. The lowest BCUT2D eigenvalue weighted by Gasteiger charge is -2.23. The first-order valence-corrected chi connectivity index (χ1v) is 8.30. The van der Waals surface area contributed by atoms with Gasteiger partial charge in [0.1, 0.15) is 23.1 Å². The van der Waals surface area contributed by atoms with Crippen molar-refractivity contribution in [3.05, 3.63) is 45.9 Å². The van der Waals surface area contributed by atoms with Gasteiger partial charge in [-0.1, -0.05) is 18.9 Å². The van der Waals surface area contributed by atoms with E-state index < -0.39 is 5.91 Å². The third kappa shape index (κ3) is 3.38. The number of hydrogen-bond acceptors (Lipinski definition) is 5. The van der Waals surface area contributed by atoms with Crippen molar-refractivity contribution in [3.63, 3.8) is 0 Å². The average molecular weight is 337 g/mol. The van der Waals surface area contributed by atoms with Crippen LogP contribution in [-0.2, 0) is 4.79 Å². The third-order valence-corrected chi connectivity index (χ3v) is 4.33. The van der Waals surface area contributed by atoms with Gasteiger partial charge in [-0.2, -0.15) is 5.26 Å². The molecule has 0 bridgehead atoms. The summed E-state index contributed by atoms with van der Waals surface area (Å²) in [5.74, 6) is -0.353. The fraction of sp³-hybridized carbons (Fsp3) is 0.333. The smallest absolute Gasteiger partial charge is 0.267 e. The van der Waals surface area contributed by atoms with Crippen LogP contribution in [-0.4, -0.2) is 28.4 Å². The summed E-state index contributed by atoms with van der Waals surface area (Å²) in [5, 5.41) is 9.15. The van der Waals surface area contributed by atoms with Crippen molar-refractivity contribution in [1.29, 1.82) is 5.26 Å². The molecule has 1 aliphatic heterocycles. The van der Waals surface area contributed by atoms with Crippen molar-refractivity contribution in [2.75, 3.05) is 18.0 Å². The summed E-state index contributed by atoms with van der Waals surface area (Å²) >= 11 is 0. The Bertz CT molecular complexity index is 931. The second kappa shape index (κ2) is 7.18. The molecule has 0 atom stereocenters. The number of nitrogens with two attached hydrogens (primary N) is 1. The number of rotatable bonds is 3. The Kier molecular flexibility index (Phi) is 4.80. The molecule has 0 aromatic carbocycles. The molecule has 0 saturated carbocycles. The van der Waals surface area contributed by atoms with E-state index in [9.17, 15) is 9.59 Å². The Hall–Kier alpha value is -3.14. The highest BCUT2D eigenvalue weighted by atomic mass is 16.1. The number of hydrogen-bond donors (Lipinski definition) is 1. The van der Waals surface area contributed by atoms with Gasteiger partial charge in [0.25, 0.3) is 11.5 Å². The van der Waals surface area contributed by atoms with E-state index in [4.69, 9.17) is 11.0 Å². The predicted molar refractivity (Wildman–Crippen MR) is 94.9 cm³/mol. The van der Waals surface area contributed by atoms with Gasteiger partial charge in [-0.05, 0) is 31.1 Å². The predicted octanol–water partition coefficient (Wildman–Crippen LogP) is 1.47. The van der Waals surface area contributed by atoms with Gasteiger partial charge in [-0.25, -0.2) is 4.98 Å². The summed E-state index contributed by atoms with van der Waals surface area (Å²) in [6, 6.07) is 7.06. The summed E-state index contributed by atoms with van der Waals surface area (Å²) in [7, 11) is 0. The van der Waals surface area contributed by atoms with Gasteiger partial charge in [0.15, 0.2) is 0 Å². The minimum atomic E-state index is -0.859. The number of fused-ring (bicyclic) bond motifs is 1. The van der Waals surface area contributed by atoms with Crippen LogP contribution in [0.3, 0.4) is 0 Å². The van der Waals surface area contributed by atoms with Gasteiger partial charge in [0.2, 0.25) is 0 Å². The molecule has 7 heteroatoms. The Labute approximate surface area is 145 Å². The summed E-state index contributed by atoms with van der Waals surface area (Å²) in [6.45, 7) is 1.57. The summed E-state index contributed by atoms with van der Waals surface area (Å²) in [5.41, 5.74) is 5.41. The molecular formula is C18H19N5O2. The van der Waals surface area contributed by atoms with Crippen LogP contribution in [0.5, 0.6) is 0 Å². The van der Waals surface area contributed by atoms with E-state index in [0.29, 0.717) is 11.5 Å². The van der Waals surface area contributed by atoms with E-state index in [2.05, 4.69) is 9.88 Å². The first-order chi connectivity index (χ1) is 12.1. The quantitative estimate of drug-likeness (QED) is 0.674. The highest BCUT2D eigenvalue weighted by Crippen LogP contribution is 2.22. The number of aromatic nitrogens is 2. The van der Waals surface area contributed by atoms with Crippen LogP contribution in [0.25, 0.3) is 11.7 Å². The number of anilines is 1. The van der Waals surface area contributed by atoms with E-state index in [1.165, 1.54) is 10.5 Å². The molecule has 2 N–H and O–H groups in total. The molecule has 1 aliphatic rings. The maximum Gasteiger partial charge on any atom is 0.267 e. The van der Waals surface area contributed by atoms with E-state index >= 15 is 0 Å². The van der Waals surface area contributed by atoms with Gasteiger partial charge in [0, 0.05) is 19.3 Å². The minimum Gasteiger partial charge on any atom is -0.365 e. The Morgan fingerprint density at radius 1 is 1.24 bits per heavy atom. The van der Waals surface area contributed by atoms with Gasteiger partial charge in [0.05, 0.1) is 5.56 Å². The van der Waals surface area contributed by atoms with Crippen molar-refractivity contribution in [2.24, 2.45) is 5.73 Å². The van der Waals surface area contributed by atoms with Crippen LogP contribution >= 0.6 is 0 Å². The van der Waals surface area contributed by atoms with Crippen molar-refractivity contribution in [1.82, 2.24) is 9.38 Å². The summed E-state index contributed by atoms with van der Waals surface area (Å²) < 4.78 is 1.41. The first kappa shape index (κ1) is 16.7. The molecule has 2 aromatic rings. The lowest BCUT2D eigenvalue weighted by Crippen LogP contribution is -2.30. The minimum absolute atomic E-state index is 0.223. The molecule has 3 heterocycles. The third-order valence-electron chi connectivity index (χ3n) is 4.33. The lowest BCUT2D eigenvalue weighted by molar-refractivity contribution is -0.114. The van der Waals surface area contributed by atoms with Crippen LogP contribution in [0.2, 0.25) is 0 Å². The molecule has 2 aromatic heterocycles. The molecule has 3 rings (SSSR count). The summed E-state index contributed by atoms with van der Waals surface area (Å²) in [4.78, 5) is 31.1. The highest BCUT2D eigenvalue weighted by molar-refractivity contribution is 6.01. The topological polar surface area (TPSA) is 104 Å². The van der Waals surface area contributed by atoms with Gasteiger partial charge < -0.3 is 10.6 Å². The van der Waals surface area contributed by atoms with Crippen LogP contribution in [0.15, 0.2) is 34.8 Å². The standard InChI is InChI=1S/C18H19N5O2/c19-12-13(16(20)24)11-14-17(22-8-4-1-2-5-9-22)21-15-7-3-6-10-23(15)18(14)25/h3,6-7,10-11H,1-2,4-5,8-9H2,(H2,20,24)/b13-11+. The van der Waals surface area contributed by atoms with Crippen LogP contribution in [0, 0.1) is 11.3 Å². The van der Waals surface area contributed by atoms with Crippen LogP contribution < -0.4 is 16.2 Å². The summed E-state index contributed by atoms with van der Waals surface area (Å²) in [6.07, 6.45) is 7.18. The largest absolute Gasteiger partial charge is 0.365 e. The Morgan fingerprint density at radius 3 is 2.60 bits per heavy atom. The molecule has 1 fully saturated rings. The number of carbonyl (C=O) groups excluding carboxylic acids is 1. The fourth-order valence-corrected chi connectivity index (χ4v) is 3.04. The number of amides is 1. The monoisotopic (exact) mass is 337 g/mol. The average Bonchev–Trinajstić information content (AvgIpc) is 2.90. The van der Waals surface area contributed by atoms with Crippen molar-refractivity contribution < 1.29 is 4.79 Å². The molecule has 25 heavy (non-hydrogen) atoms. The molecule has 7 nitrogen and oxygen atoms in total. The van der Waals surface area contributed by atoms with E-state index in [1.807, 2.05) is 6.07 Å². The van der Waals surface area contributed by atoms with E-state index in [1.54, 1.807) is 24.4 Å². The molecule has 0 unspecified atom stereocenters. The molecule has 128 valence electrons. The van der Waals surface area contributed by atoms with E-state index in [0.717, 1.165) is 38.8 Å². The Morgan fingerprint density at radius 2 is 1.96 bits per heavy atom. The molecule has 1 saturated heterocycles. The normalized spacial score (nSPS) is 15.6. The van der Waals surface area contributed by atoms with E-state index in [-0.39, 0.29) is 16.7 Å². The van der Waals surface area contributed by atoms with Gasteiger partial charge >= 0.3 is 0 Å². The number of nitrogens with zero attached hydrogens (tertiary/aromatic N) is 4. The second-order valence-corrected chi connectivity index (χ2v) is 6.02. The van der Waals surface area contributed by atoms with Crippen molar-refractivity contribution in [2.45, 2.75) is 25.7 Å². The molecule has 1 amide bonds. The lowest BCUT2D eigenvalue weighted by atomic mass is 10.1. The molecule has 0 radical (unpaired) electrons. The molecule has 0 spiro atoms. The van der Waals surface area contributed by atoms with Crippen molar-refractivity contribution >= 4 is 23.4 Å². The maximum atomic E-state index is 12.9. The maximum absolute atomic E-state index is 12.9. The van der Waals surface area contributed by atoms with Gasteiger partial charge in [-0.15, -0.1) is 0 Å². The Balaban J connectivity index is 2.26. The number of primary amides is 1. The van der Waals surface area contributed by atoms with Gasteiger partial charge in [-0.3, -0.25) is 14.0 Å². The van der Waals surface area contributed by atoms with Crippen LogP contribution in [0.1, 0.15) is 31.2 Å². The number of pyridine rings is 1. The number of carbonyl (C=O) groups is 1. The second-order valence-electron chi connectivity index (χ2n) is 6.02. The van der Waals surface area contributed by atoms with Crippen LogP contribution in [0.4, 0.5) is 5.82 Å². The SMILES string of the molecule is N#C/C(=C\c1c(N2CCCCCC2)nc2ccccn2c1=O)C(N)=O. The zero-order chi connectivity index (χ0) is 17.8. The molecule has 0 aliphatic carbocycles. The van der Waals surface area contributed by atoms with Crippen molar-refractivity contribution in [3.8, 4) is 6.07 Å². The zero-order valence-electron chi connectivity index (χ0n) is 13.8. The highest BCUT2D eigenvalue weighted by Gasteiger charge is 2.19. The first-order valence-electron chi connectivity index (χ1n) is 8.30. The zero-order valence-corrected chi connectivity index (χ0v) is 13.8.